The topological polar surface area (TPSA) is 105 Å². The first-order valence-electron chi connectivity index (χ1n) is 19.2. The second-order valence-corrected chi connectivity index (χ2v) is 16.8. The highest BCUT2D eigenvalue weighted by Crippen LogP contribution is 2.52. The normalized spacial score (nSPS) is 25.5. The van der Waals surface area contributed by atoms with Gasteiger partial charge in [0, 0.05) is 70.7 Å². The van der Waals surface area contributed by atoms with Gasteiger partial charge < -0.3 is 14.8 Å². The Kier molecular flexibility index (Phi) is 8.09. The lowest BCUT2D eigenvalue weighted by Crippen LogP contribution is -2.41. The number of halogens is 3. The van der Waals surface area contributed by atoms with Gasteiger partial charge in [-0.25, -0.2) is 14.1 Å². The highest BCUT2D eigenvalue weighted by atomic mass is 35.5. The highest BCUT2D eigenvalue weighted by Gasteiger charge is 2.51. The van der Waals surface area contributed by atoms with E-state index in [-0.39, 0.29) is 46.9 Å². The number of carbonyl (C=O) groups is 1. The Morgan fingerprint density at radius 2 is 1.92 bits per heavy atom. The van der Waals surface area contributed by atoms with Crippen LogP contribution in [0, 0.1) is 35.9 Å². The molecule has 6 fully saturated rings. The van der Waals surface area contributed by atoms with Crippen LogP contribution in [-0.4, -0.2) is 54.5 Å². The number of nitrogens with zero attached hydrogens (tertiary/aromatic N) is 7. The quantitative estimate of drug-likeness (QED) is 0.170. The number of nitriles is 1. The minimum atomic E-state index is -0.467. The molecule has 12 heteroatoms. The molecule has 1 amide bonds. The number of likely N-dealkylation sites (tertiary alicyclic amines) is 1. The first-order chi connectivity index (χ1) is 25.8. The molecule has 272 valence electrons. The molecular formula is C41H41Cl2FN8O. The van der Waals surface area contributed by atoms with Gasteiger partial charge in [-0.15, -0.1) is 5.10 Å². The Morgan fingerprint density at radius 3 is 2.66 bits per heavy atom. The number of carbonyl (C=O) groups excluding carboxylic acids is 1. The molecule has 3 aromatic heterocycles. The Balaban J connectivity index is 1.19. The number of benzene rings is 2. The molecule has 0 radical (unpaired) electrons. The highest BCUT2D eigenvalue weighted by molar-refractivity contribution is 6.43. The van der Waals surface area contributed by atoms with Gasteiger partial charge in [-0.1, -0.05) is 53.4 Å². The second kappa shape index (κ2) is 12.8. The molecule has 3 aliphatic carbocycles. The van der Waals surface area contributed by atoms with Crippen molar-refractivity contribution < 1.29 is 9.18 Å². The third-order valence-corrected chi connectivity index (χ3v) is 13.8. The summed E-state index contributed by atoms with van der Waals surface area (Å²) in [5.41, 5.74) is 5.73. The molecule has 1 N–H and O–H groups in total. The Labute approximate surface area is 317 Å². The van der Waals surface area contributed by atoms with Gasteiger partial charge in [-0.05, 0) is 81.5 Å². The summed E-state index contributed by atoms with van der Waals surface area (Å²) < 4.78 is 21.9. The molecule has 3 aliphatic heterocycles. The zero-order valence-electron chi connectivity index (χ0n) is 29.7. The number of pyridine rings is 1. The van der Waals surface area contributed by atoms with Crippen molar-refractivity contribution in [2.45, 2.75) is 101 Å². The van der Waals surface area contributed by atoms with Crippen molar-refractivity contribution in [3.05, 3.63) is 75.0 Å². The van der Waals surface area contributed by atoms with E-state index in [4.69, 9.17) is 28.2 Å². The van der Waals surface area contributed by atoms with E-state index in [0.717, 1.165) is 67.4 Å². The lowest BCUT2D eigenvalue weighted by Gasteiger charge is -2.39. The van der Waals surface area contributed by atoms with Crippen LogP contribution in [0.25, 0.3) is 32.9 Å². The van der Waals surface area contributed by atoms with Crippen LogP contribution in [0.1, 0.15) is 104 Å². The average molecular weight is 752 g/mol. The van der Waals surface area contributed by atoms with Crippen LogP contribution in [0.2, 0.25) is 10.0 Å². The summed E-state index contributed by atoms with van der Waals surface area (Å²) in [5.74, 6) is 0.708. The SMILES string of the molecule is Cc1nc2c(F)c(-c3cccc(Cl)c3Cl)c(CCC#N)cc2c2c1cc([C@H]1C[C@H](n3nncc3C3CCCC3)CN1C(=O)C1CC1)n2[C@H]1[C@H]2CN[C@@H]1C2. The standard InChI is InChI=1S/C41H41Cl2FN8O/c1-21-28-17-33(32-16-26(20-50(32)41(53)23-11-12-23)52-34(19-47-49-52)22-6-2-3-7-22)51(39-25-15-31(39)46-18-25)40(28)29-14-24(8-5-13-45)35(37(44)38(29)48-21)27-9-4-10-30(42)36(27)43/h4,9-10,14,17,19,22-23,25-26,31-32,39,46H,2-3,5-8,11-12,15-16,18,20H2,1H3/t25-,26+,31-,32-,39+/m1/s1. The van der Waals surface area contributed by atoms with Gasteiger partial charge in [-0.2, -0.15) is 5.26 Å². The fourth-order valence-corrected chi connectivity index (χ4v) is 10.6. The van der Waals surface area contributed by atoms with Gasteiger partial charge in [0.1, 0.15) is 5.52 Å². The number of fused-ring (bicyclic) bond motifs is 4. The number of rotatable bonds is 8. The number of hydrogen-bond donors (Lipinski definition) is 1. The Morgan fingerprint density at radius 1 is 1.09 bits per heavy atom. The molecule has 5 atom stereocenters. The van der Waals surface area contributed by atoms with Gasteiger partial charge in [0.25, 0.3) is 0 Å². The van der Waals surface area contributed by atoms with Crippen molar-refractivity contribution in [3.63, 3.8) is 0 Å². The maximum atomic E-state index is 17.3. The number of aryl methyl sites for hydroxylation is 2. The summed E-state index contributed by atoms with van der Waals surface area (Å²) in [5, 5.41) is 24.7. The van der Waals surface area contributed by atoms with Crippen LogP contribution in [-0.2, 0) is 11.2 Å². The van der Waals surface area contributed by atoms with E-state index in [2.05, 4.69) is 41.9 Å². The van der Waals surface area contributed by atoms with E-state index >= 15 is 4.39 Å². The number of amides is 1. The van der Waals surface area contributed by atoms with Gasteiger partial charge >= 0.3 is 0 Å². The molecule has 0 unspecified atom stereocenters. The fourth-order valence-electron chi connectivity index (χ4n) is 10.2. The monoisotopic (exact) mass is 750 g/mol. The molecule has 6 heterocycles. The van der Waals surface area contributed by atoms with Gasteiger partial charge in [0.2, 0.25) is 5.91 Å². The number of hydrogen-bond acceptors (Lipinski definition) is 6. The first-order valence-corrected chi connectivity index (χ1v) is 20.0. The number of aromatic nitrogens is 5. The van der Waals surface area contributed by atoms with E-state index < -0.39 is 5.82 Å². The number of nitrogens with one attached hydrogen (secondary N) is 1. The summed E-state index contributed by atoms with van der Waals surface area (Å²) in [6.07, 6.45) is 10.9. The van der Waals surface area contributed by atoms with Gasteiger partial charge in [0.05, 0.1) is 51.6 Å². The summed E-state index contributed by atoms with van der Waals surface area (Å²) in [7, 11) is 0. The molecule has 53 heavy (non-hydrogen) atoms. The molecular weight excluding hydrogens is 710 g/mol. The lowest BCUT2D eigenvalue weighted by atomic mass is 9.79. The largest absolute Gasteiger partial charge is 0.337 e. The summed E-state index contributed by atoms with van der Waals surface area (Å²) in [6, 6.07) is 12.0. The predicted molar refractivity (Wildman–Crippen MR) is 202 cm³/mol. The fraction of sp³-hybridized carbons (Fsp3) is 0.488. The van der Waals surface area contributed by atoms with Crippen LogP contribution >= 0.6 is 23.2 Å². The van der Waals surface area contributed by atoms with Crippen LogP contribution in [0.5, 0.6) is 0 Å². The van der Waals surface area contributed by atoms with Crippen molar-refractivity contribution in [2.24, 2.45) is 11.8 Å². The molecule has 2 bridgehead atoms. The van der Waals surface area contributed by atoms with E-state index in [1.807, 2.05) is 19.2 Å². The summed E-state index contributed by atoms with van der Waals surface area (Å²) >= 11 is 13.2. The van der Waals surface area contributed by atoms with Crippen LogP contribution in [0.15, 0.2) is 36.5 Å². The second-order valence-electron chi connectivity index (χ2n) is 16.0. The molecule has 3 saturated carbocycles. The molecule has 5 aromatic rings. The summed E-state index contributed by atoms with van der Waals surface area (Å²) in [4.78, 5) is 21.3. The molecule has 11 rings (SSSR count). The molecule has 0 spiro atoms. The molecule has 2 aromatic carbocycles. The van der Waals surface area contributed by atoms with Crippen molar-refractivity contribution >= 4 is 50.9 Å². The molecule has 9 nitrogen and oxygen atoms in total. The van der Waals surface area contributed by atoms with Crippen LogP contribution < -0.4 is 5.32 Å². The molecule has 6 aliphatic rings. The minimum absolute atomic E-state index is 0.0134. The summed E-state index contributed by atoms with van der Waals surface area (Å²) in [6.45, 7) is 3.47. The third-order valence-electron chi connectivity index (χ3n) is 13.0. The van der Waals surface area contributed by atoms with Gasteiger partial charge in [-0.3, -0.25) is 4.79 Å². The zero-order chi connectivity index (χ0) is 36.1. The van der Waals surface area contributed by atoms with Crippen molar-refractivity contribution in [1.29, 1.82) is 5.26 Å². The van der Waals surface area contributed by atoms with E-state index in [1.165, 1.54) is 18.5 Å². The predicted octanol–water partition coefficient (Wildman–Crippen LogP) is 8.77. The van der Waals surface area contributed by atoms with Crippen LogP contribution in [0.3, 0.4) is 0 Å². The maximum Gasteiger partial charge on any atom is 0.226 e. The van der Waals surface area contributed by atoms with E-state index in [0.29, 0.717) is 57.9 Å². The maximum absolute atomic E-state index is 17.3. The van der Waals surface area contributed by atoms with Crippen molar-refractivity contribution in [3.8, 4) is 17.2 Å². The lowest BCUT2D eigenvalue weighted by molar-refractivity contribution is -0.133. The smallest absolute Gasteiger partial charge is 0.226 e. The first kappa shape index (κ1) is 33.5. The third kappa shape index (κ3) is 5.25. The van der Waals surface area contributed by atoms with E-state index in [1.54, 1.807) is 18.2 Å². The van der Waals surface area contributed by atoms with Crippen LogP contribution in [0.4, 0.5) is 4.39 Å². The van der Waals surface area contributed by atoms with Gasteiger partial charge in [0.15, 0.2) is 5.82 Å². The van der Waals surface area contributed by atoms with Crippen molar-refractivity contribution in [2.75, 3.05) is 13.1 Å². The Bertz CT molecular complexity index is 2340. The zero-order valence-corrected chi connectivity index (χ0v) is 31.2. The van der Waals surface area contributed by atoms with Crippen molar-refractivity contribution in [1.82, 2.24) is 34.8 Å². The Hall–Kier alpha value is -4.04. The average Bonchev–Trinajstić information content (AvgIpc) is 3.82. The molecule has 3 saturated heterocycles. The van der Waals surface area contributed by atoms with E-state index in [9.17, 15) is 10.1 Å². The minimum Gasteiger partial charge on any atom is -0.337 e.